The number of carboxylic acids is 1. The first kappa shape index (κ1) is 12.9. The normalized spacial score (nSPS) is 10.6. The lowest BCUT2D eigenvalue weighted by Gasteiger charge is -1.96. The third-order valence-corrected chi connectivity index (χ3v) is 2.58. The van der Waals surface area contributed by atoms with Crippen molar-refractivity contribution >= 4 is 29.2 Å². The molecule has 0 amide bonds. The van der Waals surface area contributed by atoms with Gasteiger partial charge in [0.25, 0.3) is 0 Å². The van der Waals surface area contributed by atoms with E-state index in [2.05, 4.69) is 10.1 Å². The fraction of sp³-hybridized carbons (Fsp3) is 0.182. The smallest absolute Gasteiger partial charge is 0.303 e. The van der Waals surface area contributed by atoms with Crippen LogP contribution in [0.25, 0.3) is 11.4 Å². The Hall–Kier alpha value is -1.59. The van der Waals surface area contributed by atoms with Gasteiger partial charge in [-0.3, -0.25) is 4.79 Å². The Labute approximate surface area is 112 Å². The van der Waals surface area contributed by atoms with Crippen molar-refractivity contribution in [3.63, 3.8) is 0 Å². The summed E-state index contributed by atoms with van der Waals surface area (Å²) in [6.45, 7) is 0. The zero-order valence-electron chi connectivity index (χ0n) is 9.06. The van der Waals surface area contributed by atoms with Crippen molar-refractivity contribution in [2.24, 2.45) is 0 Å². The van der Waals surface area contributed by atoms with Gasteiger partial charge in [-0.1, -0.05) is 28.4 Å². The average molecular weight is 287 g/mol. The Kier molecular flexibility index (Phi) is 3.84. The highest BCUT2D eigenvalue weighted by Crippen LogP contribution is 2.25. The van der Waals surface area contributed by atoms with E-state index < -0.39 is 5.97 Å². The molecule has 0 aliphatic carbocycles. The maximum atomic E-state index is 10.4. The molecule has 1 heterocycles. The molecule has 1 aromatic carbocycles. The minimum atomic E-state index is -0.916. The van der Waals surface area contributed by atoms with Gasteiger partial charge in [-0.15, -0.1) is 0 Å². The number of carbonyl (C=O) groups is 1. The van der Waals surface area contributed by atoms with Crippen LogP contribution >= 0.6 is 23.2 Å². The van der Waals surface area contributed by atoms with E-state index in [0.29, 0.717) is 21.4 Å². The predicted octanol–water partition coefficient (Wildman–Crippen LogP) is 3.06. The number of aromatic nitrogens is 2. The first-order valence-electron chi connectivity index (χ1n) is 5.05. The van der Waals surface area contributed by atoms with Gasteiger partial charge in [0.1, 0.15) is 0 Å². The SMILES string of the molecule is O=C(O)CCc1nc(-c2cc(Cl)cc(Cl)c2)no1. The van der Waals surface area contributed by atoms with Gasteiger partial charge in [0.2, 0.25) is 11.7 Å². The lowest BCUT2D eigenvalue weighted by Crippen LogP contribution is -1.97. The number of carboxylic acid groups (broad SMARTS) is 1. The molecule has 0 radical (unpaired) electrons. The van der Waals surface area contributed by atoms with Crippen LogP contribution < -0.4 is 0 Å². The quantitative estimate of drug-likeness (QED) is 0.935. The Morgan fingerprint density at radius 1 is 1.28 bits per heavy atom. The molecule has 94 valence electrons. The van der Waals surface area contributed by atoms with E-state index in [1.165, 1.54) is 0 Å². The minimum Gasteiger partial charge on any atom is -0.481 e. The van der Waals surface area contributed by atoms with Crippen molar-refractivity contribution in [3.8, 4) is 11.4 Å². The first-order valence-corrected chi connectivity index (χ1v) is 5.81. The standard InChI is InChI=1S/C11H8Cl2N2O3/c12-7-3-6(4-8(13)5-7)11-14-9(18-15-11)1-2-10(16)17/h3-5H,1-2H2,(H,16,17). The van der Waals surface area contributed by atoms with Crippen LogP contribution in [0.2, 0.25) is 10.0 Å². The van der Waals surface area contributed by atoms with Gasteiger partial charge in [-0.25, -0.2) is 0 Å². The predicted molar refractivity (Wildman–Crippen MR) is 65.7 cm³/mol. The molecule has 0 unspecified atom stereocenters. The summed E-state index contributed by atoms with van der Waals surface area (Å²) >= 11 is 11.7. The van der Waals surface area contributed by atoms with Crippen molar-refractivity contribution in [1.29, 1.82) is 0 Å². The van der Waals surface area contributed by atoms with Crippen LogP contribution in [-0.2, 0) is 11.2 Å². The molecule has 1 aromatic heterocycles. The van der Waals surface area contributed by atoms with Crippen LogP contribution in [0.5, 0.6) is 0 Å². The zero-order chi connectivity index (χ0) is 13.1. The van der Waals surface area contributed by atoms with Gasteiger partial charge in [-0.2, -0.15) is 4.98 Å². The van der Waals surface area contributed by atoms with E-state index in [1.54, 1.807) is 18.2 Å². The Morgan fingerprint density at radius 2 is 1.94 bits per heavy atom. The van der Waals surface area contributed by atoms with E-state index in [0.717, 1.165) is 0 Å². The number of benzene rings is 1. The summed E-state index contributed by atoms with van der Waals surface area (Å²) in [6.07, 6.45) is 0.133. The molecule has 0 saturated heterocycles. The molecule has 0 fully saturated rings. The van der Waals surface area contributed by atoms with Crippen LogP contribution in [0.15, 0.2) is 22.7 Å². The highest BCUT2D eigenvalue weighted by Gasteiger charge is 2.11. The molecule has 2 rings (SSSR count). The molecule has 0 atom stereocenters. The summed E-state index contributed by atoms with van der Waals surface area (Å²) in [5, 5.41) is 13.2. The number of hydrogen-bond donors (Lipinski definition) is 1. The summed E-state index contributed by atoms with van der Waals surface area (Å²) in [4.78, 5) is 14.5. The van der Waals surface area contributed by atoms with Gasteiger partial charge in [-0.05, 0) is 18.2 Å². The molecule has 5 nitrogen and oxygen atoms in total. The molecule has 0 aliphatic rings. The highest BCUT2D eigenvalue weighted by atomic mass is 35.5. The van der Waals surface area contributed by atoms with Crippen LogP contribution in [-0.4, -0.2) is 21.2 Å². The Morgan fingerprint density at radius 3 is 2.56 bits per heavy atom. The maximum absolute atomic E-state index is 10.4. The van der Waals surface area contributed by atoms with Gasteiger partial charge in [0, 0.05) is 22.0 Å². The van der Waals surface area contributed by atoms with Crippen molar-refractivity contribution < 1.29 is 14.4 Å². The number of rotatable bonds is 4. The topological polar surface area (TPSA) is 76.2 Å². The van der Waals surface area contributed by atoms with Crippen molar-refractivity contribution in [2.45, 2.75) is 12.8 Å². The Balaban J connectivity index is 2.21. The van der Waals surface area contributed by atoms with E-state index in [-0.39, 0.29) is 18.7 Å². The second-order valence-corrected chi connectivity index (χ2v) is 4.44. The van der Waals surface area contributed by atoms with E-state index in [9.17, 15) is 4.79 Å². The molecular weight excluding hydrogens is 279 g/mol. The number of nitrogens with zero attached hydrogens (tertiary/aromatic N) is 2. The van der Waals surface area contributed by atoms with Crippen LogP contribution in [0, 0.1) is 0 Å². The summed E-state index contributed by atoms with van der Waals surface area (Å²) < 4.78 is 4.94. The third kappa shape index (κ3) is 3.21. The van der Waals surface area contributed by atoms with E-state index in [1.807, 2.05) is 0 Å². The molecule has 0 spiro atoms. The summed E-state index contributed by atoms with van der Waals surface area (Å²) in [7, 11) is 0. The third-order valence-electron chi connectivity index (χ3n) is 2.14. The maximum Gasteiger partial charge on any atom is 0.303 e. The fourth-order valence-corrected chi connectivity index (χ4v) is 1.90. The lowest BCUT2D eigenvalue weighted by atomic mass is 10.2. The first-order chi connectivity index (χ1) is 8.54. The minimum absolute atomic E-state index is 0.0576. The Bertz CT molecular complexity index is 563. The molecular formula is C11H8Cl2N2O3. The van der Waals surface area contributed by atoms with Crippen molar-refractivity contribution in [3.05, 3.63) is 34.1 Å². The second-order valence-electron chi connectivity index (χ2n) is 3.56. The van der Waals surface area contributed by atoms with E-state index >= 15 is 0 Å². The molecule has 0 saturated carbocycles. The summed E-state index contributed by atoms with van der Waals surface area (Å²) in [6, 6.07) is 4.90. The van der Waals surface area contributed by atoms with Gasteiger partial charge >= 0.3 is 5.97 Å². The molecule has 0 bridgehead atoms. The van der Waals surface area contributed by atoms with Crippen LogP contribution in [0.1, 0.15) is 12.3 Å². The van der Waals surface area contributed by atoms with E-state index in [4.69, 9.17) is 32.8 Å². The number of halogens is 2. The number of hydrogen-bond acceptors (Lipinski definition) is 4. The molecule has 2 aromatic rings. The van der Waals surface area contributed by atoms with Crippen molar-refractivity contribution in [2.75, 3.05) is 0 Å². The fourth-order valence-electron chi connectivity index (χ4n) is 1.37. The van der Waals surface area contributed by atoms with Crippen molar-refractivity contribution in [1.82, 2.24) is 10.1 Å². The molecule has 1 N–H and O–H groups in total. The molecule has 7 heteroatoms. The number of aryl methyl sites for hydroxylation is 1. The second kappa shape index (κ2) is 5.37. The molecule has 18 heavy (non-hydrogen) atoms. The number of aliphatic carboxylic acids is 1. The summed E-state index contributed by atoms with van der Waals surface area (Å²) in [5.74, 6) is -0.316. The van der Waals surface area contributed by atoms with Gasteiger partial charge < -0.3 is 9.63 Å². The molecule has 0 aliphatic heterocycles. The zero-order valence-corrected chi connectivity index (χ0v) is 10.6. The van der Waals surface area contributed by atoms with Crippen LogP contribution in [0.3, 0.4) is 0 Å². The van der Waals surface area contributed by atoms with Gasteiger partial charge in [0.05, 0.1) is 6.42 Å². The highest BCUT2D eigenvalue weighted by molar-refractivity contribution is 6.35. The largest absolute Gasteiger partial charge is 0.481 e. The monoisotopic (exact) mass is 286 g/mol. The van der Waals surface area contributed by atoms with Gasteiger partial charge in [0.15, 0.2) is 0 Å². The lowest BCUT2D eigenvalue weighted by molar-refractivity contribution is -0.137. The summed E-state index contributed by atoms with van der Waals surface area (Å²) in [5.41, 5.74) is 0.623. The van der Waals surface area contributed by atoms with Crippen LogP contribution in [0.4, 0.5) is 0 Å². The average Bonchev–Trinajstić information content (AvgIpc) is 2.73.